The van der Waals surface area contributed by atoms with E-state index in [1.54, 1.807) is 35.5 Å². The van der Waals surface area contributed by atoms with Crippen LogP contribution in [-0.2, 0) is 21.2 Å². The fourth-order valence-electron chi connectivity index (χ4n) is 3.87. The number of carbonyl (C=O) groups excluding carboxylic acids is 1. The Morgan fingerprint density at radius 3 is 2.70 bits per heavy atom. The highest BCUT2D eigenvalue weighted by Crippen LogP contribution is 2.27. The lowest BCUT2D eigenvalue weighted by Crippen LogP contribution is -2.36. The molecule has 2 aliphatic heterocycles. The number of carbonyl (C=O) groups is 1. The monoisotopic (exact) mass is 426 g/mol. The number of sulfonamides is 1. The Balaban J connectivity index is 1.48. The van der Waals surface area contributed by atoms with Crippen molar-refractivity contribution in [3.63, 3.8) is 0 Å². The molecule has 2 heterocycles. The number of fused-ring (bicyclic) bond motifs is 1. The van der Waals surface area contributed by atoms with Crippen LogP contribution in [0.25, 0.3) is 6.08 Å². The summed E-state index contributed by atoms with van der Waals surface area (Å²) in [6.45, 7) is 3.57. The molecule has 0 aromatic heterocycles. The van der Waals surface area contributed by atoms with Crippen LogP contribution in [-0.4, -0.2) is 38.3 Å². The minimum absolute atomic E-state index is 0.254. The lowest BCUT2D eigenvalue weighted by molar-refractivity contribution is -0.111. The van der Waals surface area contributed by atoms with E-state index in [0.717, 1.165) is 42.6 Å². The first kappa shape index (κ1) is 20.6. The van der Waals surface area contributed by atoms with E-state index in [-0.39, 0.29) is 10.8 Å². The summed E-state index contributed by atoms with van der Waals surface area (Å²) in [7, 11) is -3.56. The van der Waals surface area contributed by atoms with Crippen LogP contribution < -0.4 is 10.1 Å². The number of anilines is 1. The molecule has 1 N–H and O–H groups in total. The summed E-state index contributed by atoms with van der Waals surface area (Å²) in [4.78, 5) is 12.6. The van der Waals surface area contributed by atoms with Crippen LogP contribution in [0, 0.1) is 6.92 Å². The molecule has 0 spiro atoms. The zero-order valence-corrected chi connectivity index (χ0v) is 17.9. The topological polar surface area (TPSA) is 75.7 Å². The lowest BCUT2D eigenvalue weighted by atomic mass is 10.1. The molecular formula is C23H26N2O4S. The number of benzene rings is 2. The first-order chi connectivity index (χ1) is 14.4. The van der Waals surface area contributed by atoms with Gasteiger partial charge in [-0.2, -0.15) is 4.31 Å². The van der Waals surface area contributed by atoms with Crippen molar-refractivity contribution in [1.29, 1.82) is 0 Å². The van der Waals surface area contributed by atoms with Gasteiger partial charge in [-0.3, -0.25) is 4.79 Å². The van der Waals surface area contributed by atoms with Gasteiger partial charge in [0, 0.05) is 31.3 Å². The van der Waals surface area contributed by atoms with Crippen molar-refractivity contribution in [2.45, 2.75) is 37.5 Å². The van der Waals surface area contributed by atoms with Gasteiger partial charge in [0.1, 0.15) is 5.75 Å². The predicted octanol–water partition coefficient (Wildman–Crippen LogP) is 3.76. The number of nitrogens with one attached hydrogen (secondary N) is 1. The average molecular weight is 427 g/mol. The van der Waals surface area contributed by atoms with Crippen LogP contribution in [0.4, 0.5) is 5.69 Å². The molecule has 2 aromatic carbocycles. The third kappa shape index (κ3) is 4.42. The second-order valence-corrected chi connectivity index (χ2v) is 9.64. The average Bonchev–Trinajstić information content (AvgIpc) is 3.22. The van der Waals surface area contributed by atoms with Crippen molar-refractivity contribution in [2.75, 3.05) is 25.0 Å². The second kappa shape index (κ2) is 8.62. The van der Waals surface area contributed by atoms with Crippen molar-refractivity contribution in [3.8, 4) is 5.75 Å². The standard InChI is InChI=1S/C23H26N2O4S/c1-17-5-8-20(16-22(17)30(27,28)25-12-3-2-4-13-25)24-23(26)10-7-18-6-9-21-19(15-18)11-14-29-21/h5-10,15-16H,2-4,11-14H2,1H3,(H,24,26)/b10-7+. The van der Waals surface area contributed by atoms with Crippen molar-refractivity contribution < 1.29 is 17.9 Å². The van der Waals surface area contributed by atoms with Gasteiger partial charge in [0.25, 0.3) is 0 Å². The van der Waals surface area contributed by atoms with Gasteiger partial charge in [0.05, 0.1) is 11.5 Å². The molecule has 7 heteroatoms. The van der Waals surface area contributed by atoms with Crippen LogP contribution in [0.2, 0.25) is 0 Å². The minimum Gasteiger partial charge on any atom is -0.493 e. The highest BCUT2D eigenvalue weighted by Gasteiger charge is 2.27. The van der Waals surface area contributed by atoms with Crippen LogP contribution in [0.15, 0.2) is 47.4 Å². The summed E-state index contributed by atoms with van der Waals surface area (Å²) in [5.74, 6) is 0.593. The minimum atomic E-state index is -3.56. The Labute approximate surface area is 177 Å². The molecule has 30 heavy (non-hydrogen) atoms. The van der Waals surface area contributed by atoms with Crippen LogP contribution in [0.3, 0.4) is 0 Å². The molecular weight excluding hydrogens is 400 g/mol. The normalized spacial score (nSPS) is 17.0. The van der Waals surface area contributed by atoms with Gasteiger partial charge in [-0.05, 0) is 66.8 Å². The molecule has 6 nitrogen and oxygen atoms in total. The molecule has 4 rings (SSSR count). The number of nitrogens with zero attached hydrogens (tertiary/aromatic N) is 1. The van der Waals surface area contributed by atoms with E-state index in [4.69, 9.17) is 4.74 Å². The zero-order valence-electron chi connectivity index (χ0n) is 17.1. The molecule has 0 aliphatic carbocycles. The second-order valence-electron chi connectivity index (χ2n) is 7.73. The van der Waals surface area contributed by atoms with Gasteiger partial charge in [-0.15, -0.1) is 0 Å². The maximum absolute atomic E-state index is 13.0. The fourth-order valence-corrected chi connectivity index (χ4v) is 5.63. The molecule has 1 amide bonds. The molecule has 0 unspecified atom stereocenters. The van der Waals surface area contributed by atoms with E-state index in [1.807, 2.05) is 18.2 Å². The van der Waals surface area contributed by atoms with Crippen LogP contribution in [0.5, 0.6) is 5.75 Å². The maximum Gasteiger partial charge on any atom is 0.248 e. The SMILES string of the molecule is Cc1ccc(NC(=O)/C=C/c2ccc3c(c2)CCO3)cc1S(=O)(=O)N1CCCCC1. The molecule has 158 valence electrons. The van der Waals surface area contributed by atoms with Crippen LogP contribution in [0.1, 0.15) is 36.0 Å². The van der Waals surface area contributed by atoms with Gasteiger partial charge in [0.2, 0.25) is 15.9 Å². The van der Waals surface area contributed by atoms with Gasteiger partial charge in [-0.25, -0.2) is 8.42 Å². The van der Waals surface area contributed by atoms with Crippen LogP contribution >= 0.6 is 0 Å². The molecule has 2 aromatic rings. The number of rotatable bonds is 5. The Kier molecular flexibility index (Phi) is 5.92. The van der Waals surface area contributed by atoms with Gasteiger partial charge >= 0.3 is 0 Å². The predicted molar refractivity (Wildman–Crippen MR) is 117 cm³/mol. The van der Waals surface area contributed by atoms with Crippen molar-refractivity contribution >= 4 is 27.7 Å². The summed E-state index contributed by atoms with van der Waals surface area (Å²) in [5, 5.41) is 2.77. The van der Waals surface area contributed by atoms with Crippen molar-refractivity contribution in [1.82, 2.24) is 4.31 Å². The molecule has 1 fully saturated rings. The van der Waals surface area contributed by atoms with E-state index in [0.29, 0.717) is 30.9 Å². The third-order valence-electron chi connectivity index (χ3n) is 5.53. The van der Waals surface area contributed by atoms with Gasteiger partial charge in [-0.1, -0.05) is 18.6 Å². The smallest absolute Gasteiger partial charge is 0.248 e. The molecule has 1 saturated heterocycles. The molecule has 0 saturated carbocycles. The zero-order chi connectivity index (χ0) is 21.1. The quantitative estimate of drug-likeness (QED) is 0.739. The van der Waals surface area contributed by atoms with E-state index >= 15 is 0 Å². The molecule has 2 aliphatic rings. The number of ether oxygens (including phenoxy) is 1. The fraction of sp³-hybridized carbons (Fsp3) is 0.348. The summed E-state index contributed by atoms with van der Waals surface area (Å²) >= 11 is 0. The molecule has 0 atom stereocenters. The largest absolute Gasteiger partial charge is 0.493 e. The highest BCUT2D eigenvalue weighted by molar-refractivity contribution is 7.89. The number of aryl methyl sites for hydroxylation is 1. The summed E-state index contributed by atoms with van der Waals surface area (Å²) in [6, 6.07) is 10.8. The Hall–Kier alpha value is -2.64. The first-order valence-electron chi connectivity index (χ1n) is 10.3. The highest BCUT2D eigenvalue weighted by atomic mass is 32.2. The maximum atomic E-state index is 13.0. The number of amides is 1. The van der Waals surface area contributed by atoms with E-state index in [1.165, 1.54) is 6.08 Å². The number of hydrogen-bond donors (Lipinski definition) is 1. The third-order valence-corrected chi connectivity index (χ3v) is 7.57. The van der Waals surface area contributed by atoms with Crippen molar-refractivity contribution in [3.05, 3.63) is 59.2 Å². The molecule has 0 bridgehead atoms. The Bertz CT molecular complexity index is 1090. The number of piperidine rings is 1. The lowest BCUT2D eigenvalue weighted by Gasteiger charge is -2.26. The summed E-state index contributed by atoms with van der Waals surface area (Å²) in [6.07, 6.45) is 6.90. The molecule has 0 radical (unpaired) electrons. The summed E-state index contributed by atoms with van der Waals surface area (Å²) in [5.41, 5.74) is 3.21. The van der Waals surface area contributed by atoms with E-state index in [2.05, 4.69) is 5.32 Å². The Morgan fingerprint density at radius 2 is 1.90 bits per heavy atom. The summed E-state index contributed by atoms with van der Waals surface area (Å²) < 4.78 is 33.1. The number of hydrogen-bond acceptors (Lipinski definition) is 4. The van der Waals surface area contributed by atoms with E-state index < -0.39 is 10.0 Å². The Morgan fingerprint density at radius 1 is 1.10 bits per heavy atom. The van der Waals surface area contributed by atoms with E-state index in [9.17, 15) is 13.2 Å². The first-order valence-corrected chi connectivity index (χ1v) is 11.7. The van der Waals surface area contributed by atoms with Gasteiger partial charge < -0.3 is 10.1 Å². The van der Waals surface area contributed by atoms with Gasteiger partial charge in [0.15, 0.2) is 0 Å². The van der Waals surface area contributed by atoms with Crippen molar-refractivity contribution in [2.24, 2.45) is 0 Å².